The lowest BCUT2D eigenvalue weighted by Crippen LogP contribution is -2.42. The molecule has 81 heavy (non-hydrogen) atoms. The number of nitrogens with one attached hydrogen (secondary N) is 1. The van der Waals surface area contributed by atoms with E-state index >= 15 is 0 Å². The molecule has 6 aromatic rings. The van der Waals surface area contributed by atoms with E-state index < -0.39 is 0 Å². The highest BCUT2D eigenvalue weighted by atomic mass is 16.5. The zero-order valence-corrected chi connectivity index (χ0v) is 46.6. The van der Waals surface area contributed by atoms with Crippen LogP contribution in [0.1, 0.15) is 82.9 Å². The maximum absolute atomic E-state index is 13.7. The molecule has 0 fully saturated rings. The van der Waals surface area contributed by atoms with E-state index in [1.807, 2.05) is 42.5 Å². The Kier molecular flexibility index (Phi) is 22.5. The molecule has 6 aromatic carbocycles. The zero-order valence-electron chi connectivity index (χ0n) is 46.6. The van der Waals surface area contributed by atoms with Gasteiger partial charge < -0.3 is 54.7 Å². The van der Waals surface area contributed by atoms with Gasteiger partial charge in [-0.15, -0.1) is 0 Å². The largest absolute Gasteiger partial charge is 0.382 e. The van der Waals surface area contributed by atoms with Gasteiger partial charge in [0.2, 0.25) is 0 Å². The summed E-state index contributed by atoms with van der Waals surface area (Å²) >= 11 is 0. The molecule has 3 heterocycles. The summed E-state index contributed by atoms with van der Waals surface area (Å²) in [5, 5.41) is 9.17. The number of hydrogen-bond donors (Lipinski definition) is 3. The van der Waals surface area contributed by atoms with E-state index in [1.165, 1.54) is 37.3 Å². The first-order chi connectivity index (χ1) is 39.9. The highest BCUT2D eigenvalue weighted by Gasteiger charge is 2.34. The second-order valence-corrected chi connectivity index (χ2v) is 20.3. The van der Waals surface area contributed by atoms with Crippen LogP contribution in [0.15, 0.2) is 91.0 Å². The Hall–Kier alpha value is -6.26. The second kappa shape index (κ2) is 30.7. The van der Waals surface area contributed by atoms with E-state index in [1.54, 1.807) is 18.2 Å². The summed E-state index contributed by atoms with van der Waals surface area (Å²) in [4.78, 5) is 59.3. The van der Waals surface area contributed by atoms with Gasteiger partial charge in [0.25, 0.3) is 23.6 Å². The van der Waals surface area contributed by atoms with Crippen molar-refractivity contribution in [3.8, 4) is 0 Å². The molecule has 3 aliphatic rings. The molecule has 18 nitrogen and oxygen atoms in total. The van der Waals surface area contributed by atoms with Crippen LogP contribution < -0.4 is 16.8 Å². The van der Waals surface area contributed by atoms with Gasteiger partial charge in [-0.05, 0) is 107 Å². The molecule has 0 radical (unpaired) electrons. The van der Waals surface area contributed by atoms with Crippen LogP contribution in [-0.2, 0) is 63.8 Å². The van der Waals surface area contributed by atoms with E-state index in [4.69, 9.17) is 49.4 Å². The first kappa shape index (κ1) is 59.4. The number of anilines is 1. The van der Waals surface area contributed by atoms with Gasteiger partial charge in [-0.1, -0.05) is 60.7 Å². The maximum Gasteiger partial charge on any atom is 0.261 e. The van der Waals surface area contributed by atoms with Crippen molar-refractivity contribution in [3.63, 3.8) is 0 Å². The smallest absolute Gasteiger partial charge is 0.261 e. The van der Waals surface area contributed by atoms with E-state index in [0.717, 1.165) is 73.8 Å². The number of ether oxygens (including phenoxy) is 8. The van der Waals surface area contributed by atoms with E-state index in [2.05, 4.69) is 40.5 Å². The molecule has 5 N–H and O–H groups in total. The van der Waals surface area contributed by atoms with Crippen molar-refractivity contribution in [2.24, 2.45) is 11.5 Å². The standard InChI is InChI=1S/C63H78N6O12/c64-21-6-29-76-36-35-74-27-4-8-45-15-16-48-44-67(43-47-7-1-10-49(45)57(47)48)24-32-79-41-42-81-34-26-69-61(71)53-14-3-12-51-56(20-19-55(59(51)53)63(69)73)66-23-31-78-39-37-75-28-5-9-46-17-18-54-58-50(46)11-2-13-52(58)60(70)68(62(54)72)25-33-80-40-38-77-30-22-65/h1-3,7,10-20,66H,4-6,8-9,21-44,64-65H2. The lowest BCUT2D eigenvalue weighted by molar-refractivity contribution is 0.0274. The number of carbonyl (C=O) groups excluding carboxylic acids is 4. The van der Waals surface area contributed by atoms with Crippen molar-refractivity contribution in [3.05, 3.63) is 136 Å². The molecule has 9 rings (SSSR count). The first-order valence-electron chi connectivity index (χ1n) is 28.7. The van der Waals surface area contributed by atoms with Crippen LogP contribution >= 0.6 is 0 Å². The van der Waals surface area contributed by atoms with Gasteiger partial charge in [0.1, 0.15) is 0 Å². The Morgan fingerprint density at radius 3 is 1.38 bits per heavy atom. The molecule has 0 atom stereocenters. The number of nitrogens with two attached hydrogens (primary N) is 2. The third-order valence-corrected chi connectivity index (χ3v) is 14.9. The number of imide groups is 2. The molecule has 0 spiro atoms. The molecule has 0 saturated carbocycles. The Labute approximate surface area is 474 Å². The molecule has 0 unspecified atom stereocenters. The first-order valence-corrected chi connectivity index (χ1v) is 28.7. The van der Waals surface area contributed by atoms with Gasteiger partial charge in [0, 0.05) is 96.6 Å². The molecule has 18 heteroatoms. The topological polar surface area (TPSA) is 216 Å². The molecule has 0 bridgehead atoms. The lowest BCUT2D eigenvalue weighted by Gasteiger charge is -2.29. The number of nitrogens with zero attached hydrogens (tertiary/aromatic N) is 3. The van der Waals surface area contributed by atoms with Crippen LogP contribution in [0.25, 0.3) is 32.3 Å². The van der Waals surface area contributed by atoms with Gasteiger partial charge in [-0.3, -0.25) is 33.9 Å². The van der Waals surface area contributed by atoms with Crippen LogP contribution in [0.2, 0.25) is 0 Å². The van der Waals surface area contributed by atoms with Gasteiger partial charge >= 0.3 is 0 Å². The predicted octanol–water partition coefficient (Wildman–Crippen LogP) is 6.77. The fraction of sp³-hybridized carbons (Fsp3) is 0.460. The van der Waals surface area contributed by atoms with Crippen molar-refractivity contribution in [1.82, 2.24) is 14.7 Å². The minimum atomic E-state index is -0.338. The fourth-order valence-corrected chi connectivity index (χ4v) is 11.0. The molecular weight excluding hydrogens is 1030 g/mol. The Morgan fingerprint density at radius 1 is 0.383 bits per heavy atom. The highest BCUT2D eigenvalue weighted by molar-refractivity contribution is 6.27. The summed E-state index contributed by atoms with van der Waals surface area (Å²) in [7, 11) is 0. The minimum absolute atomic E-state index is 0.136. The van der Waals surface area contributed by atoms with Crippen LogP contribution in [0.3, 0.4) is 0 Å². The normalized spacial score (nSPS) is 14.2. The van der Waals surface area contributed by atoms with Crippen LogP contribution in [-0.4, -0.2) is 183 Å². The molecule has 0 saturated heterocycles. The van der Waals surface area contributed by atoms with Crippen molar-refractivity contribution < 1.29 is 57.1 Å². The molecular formula is C63H78N6O12. The summed E-state index contributed by atoms with van der Waals surface area (Å²) in [6.07, 6.45) is 4.27. The zero-order chi connectivity index (χ0) is 56.2. The Balaban J connectivity index is 0.633. The van der Waals surface area contributed by atoms with E-state index in [0.29, 0.717) is 145 Å². The number of rotatable bonds is 38. The number of benzene rings is 6. The number of amides is 4. The maximum atomic E-state index is 13.7. The van der Waals surface area contributed by atoms with Crippen LogP contribution in [0.4, 0.5) is 5.69 Å². The lowest BCUT2D eigenvalue weighted by atomic mass is 9.90. The summed E-state index contributed by atoms with van der Waals surface area (Å²) in [6, 6.07) is 29.8. The SMILES string of the molecule is NCCCOCCOCCCc1ccc2c3c(cccc13)CN(CCOCCOCCN1C(=O)c3cccc4c(NCCOCCOCCCc5ccc6c7c(cccc57)C(=O)N(CCOCCOCCN)C6=O)ccc(c34)C1=O)C2. The average Bonchev–Trinajstić information content (AvgIpc) is 3.50. The third-order valence-electron chi connectivity index (χ3n) is 14.9. The second-order valence-electron chi connectivity index (χ2n) is 20.3. The molecule has 3 aliphatic heterocycles. The predicted molar refractivity (Wildman–Crippen MR) is 311 cm³/mol. The fourth-order valence-electron chi connectivity index (χ4n) is 11.0. The number of aryl methyl sites for hydroxylation is 2. The van der Waals surface area contributed by atoms with Crippen LogP contribution in [0.5, 0.6) is 0 Å². The third kappa shape index (κ3) is 15.1. The van der Waals surface area contributed by atoms with Crippen molar-refractivity contribution in [2.75, 3.05) is 150 Å². The van der Waals surface area contributed by atoms with Gasteiger partial charge in [0.05, 0.1) is 99.0 Å². The minimum Gasteiger partial charge on any atom is -0.382 e. The van der Waals surface area contributed by atoms with Crippen molar-refractivity contribution in [1.29, 1.82) is 0 Å². The summed E-state index contributed by atoms with van der Waals surface area (Å²) < 4.78 is 45.9. The van der Waals surface area contributed by atoms with E-state index in [-0.39, 0.29) is 49.9 Å². The molecule has 0 aromatic heterocycles. The van der Waals surface area contributed by atoms with E-state index in [9.17, 15) is 19.2 Å². The van der Waals surface area contributed by atoms with Gasteiger partial charge in [-0.25, -0.2) is 0 Å². The van der Waals surface area contributed by atoms with Crippen molar-refractivity contribution >= 4 is 61.6 Å². The summed E-state index contributed by atoms with van der Waals surface area (Å²) in [5.74, 6) is -1.31. The molecule has 4 amide bonds. The number of hydrogen-bond acceptors (Lipinski definition) is 16. The van der Waals surface area contributed by atoms with Crippen LogP contribution in [0, 0.1) is 0 Å². The summed E-state index contributed by atoms with van der Waals surface area (Å²) in [6.45, 7) is 11.8. The Morgan fingerprint density at radius 2 is 0.815 bits per heavy atom. The highest BCUT2D eigenvalue weighted by Crippen LogP contribution is 2.36. The average molecular weight is 1110 g/mol. The molecule has 432 valence electrons. The summed E-state index contributed by atoms with van der Waals surface area (Å²) in [5.41, 5.74) is 18.9. The Bertz CT molecular complexity index is 3040. The van der Waals surface area contributed by atoms with Crippen molar-refractivity contribution in [2.45, 2.75) is 45.2 Å². The van der Waals surface area contributed by atoms with Gasteiger partial charge in [-0.2, -0.15) is 0 Å². The molecule has 0 aliphatic carbocycles. The van der Waals surface area contributed by atoms with Gasteiger partial charge in [0.15, 0.2) is 0 Å². The number of carbonyl (C=O) groups is 4. The quantitative estimate of drug-likeness (QED) is 0.0269. The monoisotopic (exact) mass is 1110 g/mol.